The van der Waals surface area contributed by atoms with Crippen LogP contribution in [0.25, 0.3) is 0 Å². The van der Waals surface area contributed by atoms with Crippen LogP contribution >= 0.6 is 0 Å². The van der Waals surface area contributed by atoms with Crippen molar-refractivity contribution in [2.24, 2.45) is 0 Å². The van der Waals surface area contributed by atoms with Crippen LogP contribution < -0.4 is 10.1 Å². The maximum Gasteiger partial charge on any atom is 0.246 e. The van der Waals surface area contributed by atoms with Crippen molar-refractivity contribution in [1.29, 1.82) is 0 Å². The summed E-state index contributed by atoms with van der Waals surface area (Å²) >= 11 is 0. The molecule has 15 heavy (non-hydrogen) atoms. The van der Waals surface area contributed by atoms with Crippen LogP contribution in [-0.4, -0.2) is 26.2 Å². The first kappa shape index (κ1) is 9.98. The van der Waals surface area contributed by atoms with Crippen LogP contribution in [0.1, 0.15) is 11.6 Å². The number of amides is 1. The maximum atomic E-state index is 11.2. The van der Waals surface area contributed by atoms with E-state index in [0.29, 0.717) is 6.61 Å². The minimum atomic E-state index is -0.109. The molecule has 0 saturated carbocycles. The normalized spacial score (nSPS) is 20.9. The van der Waals surface area contributed by atoms with Crippen molar-refractivity contribution in [2.45, 2.75) is 6.04 Å². The molecular weight excluding hydrogens is 194 g/mol. The van der Waals surface area contributed by atoms with Crippen molar-refractivity contribution in [1.82, 2.24) is 5.32 Å². The Kier molecular flexibility index (Phi) is 2.87. The second-order valence-corrected chi connectivity index (χ2v) is 3.38. The van der Waals surface area contributed by atoms with Gasteiger partial charge in [-0.1, -0.05) is 18.2 Å². The van der Waals surface area contributed by atoms with E-state index >= 15 is 0 Å². The zero-order chi connectivity index (χ0) is 10.7. The summed E-state index contributed by atoms with van der Waals surface area (Å²) in [6.45, 7) is 0.637. The molecule has 1 fully saturated rings. The van der Waals surface area contributed by atoms with Crippen LogP contribution in [0.3, 0.4) is 0 Å². The maximum absolute atomic E-state index is 11.2. The second kappa shape index (κ2) is 4.31. The van der Waals surface area contributed by atoms with E-state index in [4.69, 9.17) is 9.47 Å². The molecule has 0 spiro atoms. The minimum absolute atomic E-state index is 0.0860. The lowest BCUT2D eigenvalue weighted by molar-refractivity contribution is -0.131. The molecule has 1 amide bonds. The van der Waals surface area contributed by atoms with E-state index in [0.717, 1.165) is 11.3 Å². The lowest BCUT2D eigenvalue weighted by Crippen LogP contribution is -2.39. The number of carbonyl (C=O) groups is 1. The lowest BCUT2D eigenvalue weighted by Gasteiger charge is -2.25. The highest BCUT2D eigenvalue weighted by atomic mass is 16.5. The molecule has 0 bridgehead atoms. The number of hydrogen-bond acceptors (Lipinski definition) is 3. The average Bonchev–Trinajstić information content (AvgIpc) is 2.29. The number of ether oxygens (including phenoxy) is 2. The van der Waals surface area contributed by atoms with Gasteiger partial charge in [-0.2, -0.15) is 0 Å². The number of hydrogen-bond donors (Lipinski definition) is 1. The van der Waals surface area contributed by atoms with Crippen molar-refractivity contribution in [3.63, 3.8) is 0 Å². The van der Waals surface area contributed by atoms with E-state index in [1.807, 2.05) is 24.3 Å². The van der Waals surface area contributed by atoms with Gasteiger partial charge in [0.05, 0.1) is 19.8 Å². The summed E-state index contributed by atoms with van der Waals surface area (Å²) in [5.74, 6) is 0.686. The predicted octanol–water partition coefficient (Wildman–Crippen LogP) is 0.883. The molecule has 1 heterocycles. The van der Waals surface area contributed by atoms with Crippen molar-refractivity contribution < 1.29 is 14.3 Å². The van der Waals surface area contributed by atoms with Gasteiger partial charge in [-0.3, -0.25) is 4.79 Å². The fraction of sp³-hybridized carbons (Fsp3) is 0.364. The molecule has 1 aliphatic heterocycles. The van der Waals surface area contributed by atoms with Gasteiger partial charge in [-0.25, -0.2) is 0 Å². The van der Waals surface area contributed by atoms with Crippen LogP contribution in [0, 0.1) is 0 Å². The average molecular weight is 207 g/mol. The molecule has 0 aromatic heterocycles. The van der Waals surface area contributed by atoms with Gasteiger partial charge in [0.25, 0.3) is 0 Å². The van der Waals surface area contributed by atoms with E-state index in [1.54, 1.807) is 7.11 Å². The highest BCUT2D eigenvalue weighted by Crippen LogP contribution is 2.25. The van der Waals surface area contributed by atoms with Gasteiger partial charge < -0.3 is 14.8 Å². The largest absolute Gasteiger partial charge is 0.496 e. The van der Waals surface area contributed by atoms with Gasteiger partial charge in [0.1, 0.15) is 12.4 Å². The number of morpholine rings is 1. The molecular formula is C11H13NO3. The fourth-order valence-electron chi connectivity index (χ4n) is 1.67. The summed E-state index contributed by atoms with van der Waals surface area (Å²) < 4.78 is 10.4. The summed E-state index contributed by atoms with van der Waals surface area (Å²) in [7, 11) is 1.62. The third kappa shape index (κ3) is 2.10. The molecule has 0 aliphatic carbocycles. The Balaban J connectivity index is 2.24. The van der Waals surface area contributed by atoms with Crippen molar-refractivity contribution in [3.8, 4) is 5.75 Å². The summed E-state index contributed by atoms with van der Waals surface area (Å²) in [5.41, 5.74) is 0.952. The number of benzene rings is 1. The highest BCUT2D eigenvalue weighted by Gasteiger charge is 2.22. The second-order valence-electron chi connectivity index (χ2n) is 3.38. The van der Waals surface area contributed by atoms with Gasteiger partial charge in [-0.15, -0.1) is 0 Å². The Hall–Kier alpha value is -1.55. The monoisotopic (exact) mass is 207 g/mol. The van der Waals surface area contributed by atoms with Gasteiger partial charge >= 0.3 is 0 Å². The SMILES string of the molecule is COc1ccccc1C1COCC(=O)N1. The molecule has 1 saturated heterocycles. The van der Waals surface area contributed by atoms with Gasteiger partial charge in [-0.05, 0) is 6.07 Å². The van der Waals surface area contributed by atoms with Crippen LogP contribution in [0.5, 0.6) is 5.75 Å². The minimum Gasteiger partial charge on any atom is -0.496 e. The van der Waals surface area contributed by atoms with Gasteiger partial charge in [0.2, 0.25) is 5.91 Å². The number of nitrogens with one attached hydrogen (secondary N) is 1. The summed E-state index contributed by atoms with van der Waals surface area (Å²) in [4.78, 5) is 11.2. The number of methoxy groups -OCH3 is 1. The van der Waals surface area contributed by atoms with E-state index in [2.05, 4.69) is 5.32 Å². The molecule has 1 aromatic carbocycles. The van der Waals surface area contributed by atoms with E-state index in [1.165, 1.54) is 0 Å². The fourth-order valence-corrected chi connectivity index (χ4v) is 1.67. The Labute approximate surface area is 88.2 Å². The third-order valence-corrected chi connectivity index (χ3v) is 2.37. The Bertz CT molecular complexity index is 365. The van der Waals surface area contributed by atoms with Crippen LogP contribution in [0.4, 0.5) is 0 Å². The third-order valence-electron chi connectivity index (χ3n) is 2.37. The number of carbonyl (C=O) groups excluding carboxylic acids is 1. The Morgan fingerprint density at radius 2 is 2.27 bits per heavy atom. The summed E-state index contributed by atoms with van der Waals surface area (Å²) in [5, 5.41) is 2.86. The van der Waals surface area contributed by atoms with E-state index in [9.17, 15) is 4.79 Å². The number of para-hydroxylation sites is 1. The molecule has 4 nitrogen and oxygen atoms in total. The first-order valence-electron chi connectivity index (χ1n) is 4.81. The summed E-state index contributed by atoms with van der Waals surface area (Å²) in [6.07, 6.45) is 0. The molecule has 1 atom stereocenters. The van der Waals surface area contributed by atoms with Crippen LogP contribution in [0.15, 0.2) is 24.3 Å². The Morgan fingerprint density at radius 3 is 3.00 bits per heavy atom. The van der Waals surface area contributed by atoms with Crippen LogP contribution in [0.2, 0.25) is 0 Å². The Morgan fingerprint density at radius 1 is 1.47 bits per heavy atom. The standard InChI is InChI=1S/C11H13NO3/c1-14-10-5-3-2-4-8(10)9-6-15-7-11(13)12-9/h2-5,9H,6-7H2,1H3,(H,12,13). The molecule has 0 radical (unpaired) electrons. The topological polar surface area (TPSA) is 47.6 Å². The van der Waals surface area contributed by atoms with Gasteiger partial charge in [0, 0.05) is 5.56 Å². The molecule has 1 aliphatic rings. The number of rotatable bonds is 2. The van der Waals surface area contributed by atoms with Crippen LogP contribution in [-0.2, 0) is 9.53 Å². The molecule has 1 N–H and O–H groups in total. The van der Waals surface area contributed by atoms with Crippen molar-refractivity contribution >= 4 is 5.91 Å². The van der Waals surface area contributed by atoms with Crippen molar-refractivity contribution in [3.05, 3.63) is 29.8 Å². The smallest absolute Gasteiger partial charge is 0.246 e. The van der Waals surface area contributed by atoms with Gasteiger partial charge in [0.15, 0.2) is 0 Å². The molecule has 80 valence electrons. The van der Waals surface area contributed by atoms with E-state index < -0.39 is 0 Å². The first-order chi connectivity index (χ1) is 7.31. The zero-order valence-electron chi connectivity index (χ0n) is 8.53. The first-order valence-corrected chi connectivity index (χ1v) is 4.81. The van der Waals surface area contributed by atoms with E-state index in [-0.39, 0.29) is 18.6 Å². The van der Waals surface area contributed by atoms with Crippen molar-refractivity contribution in [2.75, 3.05) is 20.3 Å². The quantitative estimate of drug-likeness (QED) is 0.783. The zero-order valence-corrected chi connectivity index (χ0v) is 8.53. The predicted molar refractivity (Wildman–Crippen MR) is 54.7 cm³/mol. The molecule has 2 rings (SSSR count). The molecule has 1 unspecified atom stereocenters. The summed E-state index contributed by atoms with van der Waals surface area (Å²) in [6, 6.07) is 7.50. The molecule has 4 heteroatoms. The lowest BCUT2D eigenvalue weighted by atomic mass is 10.1. The highest BCUT2D eigenvalue weighted by molar-refractivity contribution is 5.78. The molecule has 1 aromatic rings.